The normalized spacial score (nSPS) is 8.43. The molecule has 30 heavy (non-hydrogen) atoms. The molecule has 0 N–H and O–H groups in total. The summed E-state index contributed by atoms with van der Waals surface area (Å²) in [5.41, 5.74) is 0.901. The molecular formula is C20H24CrO8Si. The molecule has 0 aliphatic carbocycles. The first-order valence-corrected chi connectivity index (χ1v) is 11.1. The van der Waals surface area contributed by atoms with Gasteiger partial charge in [0.25, 0.3) is 0 Å². The number of ether oxygens (including phenoxy) is 2. The summed E-state index contributed by atoms with van der Waals surface area (Å²) in [4.78, 5) is 0. The summed E-state index contributed by atoms with van der Waals surface area (Å²) in [6.45, 7) is 33.6. The van der Waals surface area contributed by atoms with Gasteiger partial charge in [0.15, 0.2) is 0 Å². The third-order valence-corrected chi connectivity index (χ3v) is 8.72. The molecule has 0 saturated carbocycles. The predicted molar refractivity (Wildman–Crippen MR) is 102 cm³/mol. The van der Waals surface area contributed by atoms with Gasteiger partial charge in [-0.1, -0.05) is 0 Å². The first kappa shape index (κ1) is 38.7. The molecule has 1 aromatic carbocycles. The number of benzene rings is 1. The Morgan fingerprint density at radius 1 is 0.867 bits per heavy atom. The molecule has 1 rings (SSSR count). The SMILES string of the molecule is CO[C](=[Cr])c1ccc(O[Si](C)(C)C(C)(C)C)cc1OC.[C-]#[O+].[C-]#[O+].[C-]#[O+].[C-]#[O+].[C-]#[O+]. The van der Waals surface area contributed by atoms with E-state index >= 15 is 0 Å². The van der Waals surface area contributed by atoms with Crippen molar-refractivity contribution in [2.24, 2.45) is 0 Å². The fraction of sp³-hybridized carbons (Fsp3) is 0.400. The quantitative estimate of drug-likeness (QED) is 0.369. The van der Waals surface area contributed by atoms with Crippen LogP contribution in [0.25, 0.3) is 0 Å². The van der Waals surface area contributed by atoms with Crippen LogP contribution in [0.15, 0.2) is 18.2 Å². The van der Waals surface area contributed by atoms with Gasteiger partial charge >= 0.3 is 188 Å². The van der Waals surface area contributed by atoms with Gasteiger partial charge in [-0.3, -0.25) is 0 Å². The molecule has 0 radical (unpaired) electrons. The van der Waals surface area contributed by atoms with E-state index in [4.69, 9.17) is 37.2 Å². The van der Waals surface area contributed by atoms with E-state index in [0.717, 1.165) is 17.1 Å². The van der Waals surface area contributed by atoms with Crippen LogP contribution in [0, 0.1) is 33.3 Å². The van der Waals surface area contributed by atoms with E-state index in [0.29, 0.717) is 4.57 Å². The second-order valence-corrected chi connectivity index (χ2v) is 11.5. The van der Waals surface area contributed by atoms with Crippen molar-refractivity contribution in [1.82, 2.24) is 0 Å². The Kier molecular flexibility index (Phi) is 30.1. The van der Waals surface area contributed by atoms with Crippen LogP contribution >= 0.6 is 0 Å². The van der Waals surface area contributed by atoms with Gasteiger partial charge in [0, 0.05) is 0 Å². The Morgan fingerprint density at radius 3 is 1.57 bits per heavy atom. The van der Waals surface area contributed by atoms with Crippen molar-refractivity contribution in [3.63, 3.8) is 0 Å². The summed E-state index contributed by atoms with van der Waals surface area (Å²) in [6, 6.07) is 5.84. The fourth-order valence-electron chi connectivity index (χ4n) is 1.46. The molecule has 162 valence electrons. The minimum atomic E-state index is -1.84. The monoisotopic (exact) mass is 472 g/mol. The first-order valence-electron chi connectivity index (χ1n) is 7.60. The Hall–Kier alpha value is -1.90. The second-order valence-electron chi connectivity index (χ2n) is 6.22. The zero-order valence-corrected chi connectivity index (χ0v) is 20.2. The van der Waals surface area contributed by atoms with Crippen LogP contribution in [-0.2, 0) is 43.8 Å². The summed E-state index contributed by atoms with van der Waals surface area (Å²) < 4.78 is 55.1. The molecule has 0 fully saturated rings. The molecule has 0 bridgehead atoms. The van der Waals surface area contributed by atoms with Crippen LogP contribution in [0.4, 0.5) is 0 Å². The maximum atomic E-state index is 7.50. The molecule has 0 saturated heterocycles. The van der Waals surface area contributed by atoms with Crippen molar-refractivity contribution >= 4 is 12.9 Å². The van der Waals surface area contributed by atoms with Gasteiger partial charge in [-0.2, -0.15) is 0 Å². The molecule has 8 nitrogen and oxygen atoms in total. The fourth-order valence-corrected chi connectivity index (χ4v) is 2.75. The second kappa shape index (κ2) is 23.4. The van der Waals surface area contributed by atoms with Gasteiger partial charge in [0.1, 0.15) is 0 Å². The van der Waals surface area contributed by atoms with Crippen LogP contribution < -0.4 is 9.16 Å². The maximum absolute atomic E-state index is 7.50. The summed E-state index contributed by atoms with van der Waals surface area (Å²) >= 11 is 2.89. The average Bonchev–Trinajstić information content (AvgIpc) is 2.79. The van der Waals surface area contributed by atoms with Crippen molar-refractivity contribution in [1.29, 1.82) is 0 Å². The Labute approximate surface area is 187 Å². The van der Waals surface area contributed by atoms with E-state index in [1.165, 1.54) is 0 Å². The van der Waals surface area contributed by atoms with E-state index in [2.05, 4.69) is 83.0 Å². The van der Waals surface area contributed by atoms with Gasteiger partial charge in [-0.15, -0.1) is 0 Å². The van der Waals surface area contributed by atoms with Crippen LogP contribution in [-0.4, -0.2) is 27.1 Å². The third kappa shape index (κ3) is 15.0. The van der Waals surface area contributed by atoms with Crippen molar-refractivity contribution in [2.75, 3.05) is 14.2 Å². The molecule has 0 heterocycles. The molecule has 10 heteroatoms. The van der Waals surface area contributed by atoms with Crippen molar-refractivity contribution in [3.8, 4) is 11.5 Å². The number of rotatable bonds is 5. The van der Waals surface area contributed by atoms with E-state index in [9.17, 15) is 0 Å². The van der Waals surface area contributed by atoms with E-state index in [-0.39, 0.29) is 5.04 Å². The van der Waals surface area contributed by atoms with Crippen LogP contribution in [0.5, 0.6) is 11.5 Å². The molecule has 0 aromatic heterocycles. The summed E-state index contributed by atoms with van der Waals surface area (Å²) in [5, 5.41) is 0.168. The molecule has 0 amide bonds. The third-order valence-electron chi connectivity index (χ3n) is 3.76. The summed E-state index contributed by atoms with van der Waals surface area (Å²) in [7, 11) is 1.45. The summed E-state index contributed by atoms with van der Waals surface area (Å²) in [5.74, 6) is 1.60. The Balaban J connectivity index is -0.000000182. The standard InChI is InChI=1S/C15H24O3Si.5CO.Cr/c1-15(2,3)19(6,7)18-13-9-8-12(11-16-4)14(10-13)17-5;5*1-2;/h8-10H,1-7H3;;;;;;. The van der Waals surface area contributed by atoms with Gasteiger partial charge in [0.05, 0.1) is 0 Å². The Bertz CT molecular complexity index is 663. The Morgan fingerprint density at radius 2 is 1.27 bits per heavy atom. The zero-order chi connectivity index (χ0) is 25.6. The molecule has 0 aliphatic heterocycles. The predicted octanol–water partition coefficient (Wildman–Crippen LogP) is 3.56. The van der Waals surface area contributed by atoms with E-state index in [1.54, 1.807) is 14.2 Å². The van der Waals surface area contributed by atoms with E-state index in [1.807, 2.05) is 18.2 Å². The van der Waals surface area contributed by atoms with E-state index < -0.39 is 8.32 Å². The van der Waals surface area contributed by atoms with Crippen molar-refractivity contribution in [3.05, 3.63) is 57.0 Å². The number of hydrogen-bond acceptors (Lipinski definition) is 3. The van der Waals surface area contributed by atoms with Crippen molar-refractivity contribution in [2.45, 2.75) is 38.9 Å². The molecule has 1 aromatic rings. The van der Waals surface area contributed by atoms with Gasteiger partial charge in [-0.05, 0) is 0 Å². The number of methoxy groups -OCH3 is 2. The molecular weight excluding hydrogens is 448 g/mol. The molecule has 0 atom stereocenters. The van der Waals surface area contributed by atoms with Gasteiger partial charge < -0.3 is 0 Å². The van der Waals surface area contributed by atoms with Gasteiger partial charge in [0.2, 0.25) is 0 Å². The average molecular weight is 472 g/mol. The van der Waals surface area contributed by atoms with Gasteiger partial charge in [-0.25, -0.2) is 0 Å². The van der Waals surface area contributed by atoms with Crippen LogP contribution in [0.2, 0.25) is 18.1 Å². The molecule has 0 aliphatic rings. The van der Waals surface area contributed by atoms with Crippen LogP contribution in [0.3, 0.4) is 0 Å². The topological polar surface area (TPSA) is 127 Å². The first-order chi connectivity index (χ1) is 14.1. The molecule has 0 unspecified atom stereocenters. The van der Waals surface area contributed by atoms with Crippen molar-refractivity contribution < 1.29 is 53.0 Å². The zero-order valence-electron chi connectivity index (χ0n) is 17.9. The number of hydrogen-bond donors (Lipinski definition) is 0. The summed E-state index contributed by atoms with van der Waals surface area (Å²) in [6.07, 6.45) is 0. The molecule has 0 spiro atoms. The minimum absolute atomic E-state index is 0.168. The van der Waals surface area contributed by atoms with Crippen LogP contribution in [0.1, 0.15) is 26.3 Å².